The molecule has 0 aliphatic heterocycles. The minimum absolute atomic E-state index is 0.207. The summed E-state index contributed by atoms with van der Waals surface area (Å²) in [7, 11) is 1.45. The summed E-state index contributed by atoms with van der Waals surface area (Å²) >= 11 is 0. The Kier molecular flexibility index (Phi) is 4.58. The van der Waals surface area contributed by atoms with Crippen molar-refractivity contribution in [3.8, 4) is 0 Å². The molecule has 118 valence electrons. The first-order valence-corrected chi connectivity index (χ1v) is 7.04. The molecule has 1 aliphatic rings. The summed E-state index contributed by atoms with van der Waals surface area (Å²) in [5.41, 5.74) is -2.02. The lowest BCUT2D eigenvalue weighted by Crippen LogP contribution is -2.42. The van der Waals surface area contributed by atoms with Gasteiger partial charge in [-0.3, -0.25) is 4.98 Å². The van der Waals surface area contributed by atoms with E-state index >= 15 is 0 Å². The van der Waals surface area contributed by atoms with Crippen LogP contribution in [0.1, 0.15) is 49.8 Å². The molecular formula is C15H20F3NO2. The zero-order chi connectivity index (χ0) is 15.7. The van der Waals surface area contributed by atoms with Crippen molar-refractivity contribution in [2.75, 3.05) is 7.11 Å². The average molecular weight is 303 g/mol. The van der Waals surface area contributed by atoms with Crippen LogP contribution >= 0.6 is 0 Å². The molecule has 1 saturated carbocycles. The molecule has 0 saturated heterocycles. The van der Waals surface area contributed by atoms with E-state index in [1.165, 1.54) is 7.11 Å². The molecule has 0 bridgehead atoms. The lowest BCUT2D eigenvalue weighted by atomic mass is 9.74. The summed E-state index contributed by atoms with van der Waals surface area (Å²) in [5.74, 6) is 0.497. The minimum Gasteiger partial charge on any atom is -0.385 e. The standard InChI is InChI=1S/C15H20F3NO2/c1-10-3-6-14(21-2,7-4-10)13(20)11-9-19-8-5-12(11)15(16,17)18/h5,8-10,13,20H,3-4,6-7H2,1-2H3. The van der Waals surface area contributed by atoms with Gasteiger partial charge in [0.1, 0.15) is 6.10 Å². The SMILES string of the molecule is COC1(C(O)c2cnccc2C(F)(F)F)CCC(C)CC1. The van der Waals surface area contributed by atoms with Crippen molar-refractivity contribution in [1.29, 1.82) is 0 Å². The van der Waals surface area contributed by atoms with Crippen molar-refractivity contribution >= 4 is 0 Å². The molecule has 0 radical (unpaired) electrons. The Labute approximate surface area is 122 Å². The van der Waals surface area contributed by atoms with E-state index in [0.717, 1.165) is 31.3 Å². The van der Waals surface area contributed by atoms with Gasteiger partial charge in [-0.05, 0) is 37.7 Å². The lowest BCUT2D eigenvalue weighted by Gasteiger charge is -2.42. The van der Waals surface area contributed by atoms with E-state index in [9.17, 15) is 18.3 Å². The number of ether oxygens (including phenoxy) is 1. The molecule has 1 unspecified atom stereocenters. The molecule has 0 aromatic carbocycles. The van der Waals surface area contributed by atoms with Gasteiger partial charge in [-0.1, -0.05) is 6.92 Å². The van der Waals surface area contributed by atoms with Crippen LogP contribution in [-0.4, -0.2) is 22.8 Å². The second-order valence-electron chi connectivity index (χ2n) is 5.81. The summed E-state index contributed by atoms with van der Waals surface area (Å²) in [5, 5.41) is 10.6. The Morgan fingerprint density at radius 3 is 2.52 bits per heavy atom. The molecular weight excluding hydrogens is 283 g/mol. The van der Waals surface area contributed by atoms with Crippen molar-refractivity contribution in [1.82, 2.24) is 4.98 Å². The van der Waals surface area contributed by atoms with Gasteiger partial charge < -0.3 is 9.84 Å². The lowest BCUT2D eigenvalue weighted by molar-refractivity contribution is -0.149. The van der Waals surface area contributed by atoms with Crippen LogP contribution in [0.3, 0.4) is 0 Å². The Balaban J connectivity index is 2.37. The molecule has 3 nitrogen and oxygen atoms in total. The molecule has 1 aromatic heterocycles. The first-order valence-electron chi connectivity index (χ1n) is 7.04. The first kappa shape index (κ1) is 16.2. The number of aliphatic hydroxyl groups is 1. The highest BCUT2D eigenvalue weighted by Crippen LogP contribution is 2.45. The zero-order valence-electron chi connectivity index (χ0n) is 12.2. The zero-order valence-corrected chi connectivity index (χ0v) is 12.2. The summed E-state index contributed by atoms with van der Waals surface area (Å²) in [6, 6.07) is 0.896. The van der Waals surface area contributed by atoms with Gasteiger partial charge in [-0.15, -0.1) is 0 Å². The molecule has 1 aliphatic carbocycles. The van der Waals surface area contributed by atoms with Crippen molar-refractivity contribution in [3.63, 3.8) is 0 Å². The predicted octanol–water partition coefficient (Wildman–Crippen LogP) is 3.73. The largest absolute Gasteiger partial charge is 0.416 e. The van der Waals surface area contributed by atoms with E-state index in [1.54, 1.807) is 0 Å². The summed E-state index contributed by atoms with van der Waals surface area (Å²) < 4.78 is 44.7. The van der Waals surface area contributed by atoms with Crippen LogP contribution in [0.4, 0.5) is 13.2 Å². The van der Waals surface area contributed by atoms with Crippen LogP contribution in [-0.2, 0) is 10.9 Å². The summed E-state index contributed by atoms with van der Waals surface area (Å²) in [6.45, 7) is 2.09. The minimum atomic E-state index is -4.52. The fraction of sp³-hybridized carbons (Fsp3) is 0.667. The van der Waals surface area contributed by atoms with Gasteiger partial charge in [0.25, 0.3) is 0 Å². The maximum absolute atomic E-state index is 13.1. The van der Waals surface area contributed by atoms with Gasteiger partial charge in [-0.2, -0.15) is 13.2 Å². The Morgan fingerprint density at radius 2 is 2.00 bits per heavy atom. The number of alkyl halides is 3. The molecule has 1 atom stereocenters. The summed E-state index contributed by atoms with van der Waals surface area (Å²) in [4.78, 5) is 3.74. The highest BCUT2D eigenvalue weighted by atomic mass is 19.4. The molecule has 0 amide bonds. The molecule has 1 fully saturated rings. The second kappa shape index (κ2) is 5.93. The van der Waals surface area contributed by atoms with Gasteiger partial charge in [0, 0.05) is 25.1 Å². The second-order valence-corrected chi connectivity index (χ2v) is 5.81. The number of aliphatic hydroxyl groups excluding tert-OH is 1. The number of aromatic nitrogens is 1. The number of hydrogen-bond donors (Lipinski definition) is 1. The van der Waals surface area contributed by atoms with E-state index in [1.807, 2.05) is 0 Å². The molecule has 6 heteroatoms. The third-order valence-electron chi connectivity index (χ3n) is 4.48. The Hall–Kier alpha value is -1.14. The molecule has 1 N–H and O–H groups in total. The van der Waals surface area contributed by atoms with Gasteiger partial charge in [-0.25, -0.2) is 0 Å². The van der Waals surface area contributed by atoms with Crippen molar-refractivity contribution in [3.05, 3.63) is 29.6 Å². The maximum Gasteiger partial charge on any atom is 0.416 e. The number of nitrogens with zero attached hydrogens (tertiary/aromatic N) is 1. The number of halogens is 3. The first-order chi connectivity index (χ1) is 9.80. The van der Waals surface area contributed by atoms with Crippen LogP contribution in [0.5, 0.6) is 0 Å². The third-order valence-corrected chi connectivity index (χ3v) is 4.48. The highest BCUT2D eigenvalue weighted by Gasteiger charge is 2.45. The van der Waals surface area contributed by atoms with Gasteiger partial charge >= 0.3 is 6.18 Å². The number of methoxy groups -OCH3 is 1. The quantitative estimate of drug-likeness (QED) is 0.925. The van der Waals surface area contributed by atoms with Crippen molar-refractivity contribution in [2.45, 2.75) is 50.5 Å². The highest BCUT2D eigenvalue weighted by molar-refractivity contribution is 5.30. The molecule has 1 heterocycles. The normalized spacial score (nSPS) is 28.4. The van der Waals surface area contributed by atoms with Crippen LogP contribution < -0.4 is 0 Å². The van der Waals surface area contributed by atoms with E-state index in [0.29, 0.717) is 18.8 Å². The molecule has 21 heavy (non-hydrogen) atoms. The third kappa shape index (κ3) is 3.21. The van der Waals surface area contributed by atoms with Gasteiger partial charge in [0.05, 0.1) is 11.2 Å². The van der Waals surface area contributed by atoms with E-state index < -0.39 is 23.4 Å². The number of rotatable bonds is 3. The Morgan fingerprint density at radius 1 is 1.38 bits per heavy atom. The van der Waals surface area contributed by atoms with E-state index in [-0.39, 0.29) is 5.56 Å². The number of pyridine rings is 1. The number of hydrogen-bond acceptors (Lipinski definition) is 3. The van der Waals surface area contributed by atoms with E-state index in [4.69, 9.17) is 4.74 Å². The summed E-state index contributed by atoms with van der Waals surface area (Å²) in [6.07, 6.45) is -0.945. The Bertz CT molecular complexity index is 482. The van der Waals surface area contributed by atoms with E-state index in [2.05, 4.69) is 11.9 Å². The van der Waals surface area contributed by atoms with Crippen LogP contribution in [0.15, 0.2) is 18.5 Å². The maximum atomic E-state index is 13.1. The topological polar surface area (TPSA) is 42.4 Å². The fourth-order valence-electron chi connectivity index (χ4n) is 3.01. The monoisotopic (exact) mass is 303 g/mol. The molecule has 0 spiro atoms. The average Bonchev–Trinajstić information content (AvgIpc) is 2.47. The molecule has 2 rings (SSSR count). The smallest absolute Gasteiger partial charge is 0.385 e. The van der Waals surface area contributed by atoms with Crippen molar-refractivity contribution in [2.24, 2.45) is 5.92 Å². The fourth-order valence-corrected chi connectivity index (χ4v) is 3.01. The van der Waals surface area contributed by atoms with Gasteiger partial charge in [0.2, 0.25) is 0 Å². The van der Waals surface area contributed by atoms with Gasteiger partial charge in [0.15, 0.2) is 0 Å². The van der Waals surface area contributed by atoms with Crippen LogP contribution in [0.2, 0.25) is 0 Å². The molecule has 1 aromatic rings. The van der Waals surface area contributed by atoms with Crippen LogP contribution in [0.25, 0.3) is 0 Å². The predicted molar refractivity (Wildman–Crippen MR) is 71.6 cm³/mol. The van der Waals surface area contributed by atoms with Crippen molar-refractivity contribution < 1.29 is 23.0 Å². The van der Waals surface area contributed by atoms with Crippen LogP contribution in [0, 0.1) is 5.92 Å².